The Kier molecular flexibility index (Phi) is 6.47. The van der Waals surface area contributed by atoms with Crippen molar-refractivity contribution in [1.29, 1.82) is 0 Å². The van der Waals surface area contributed by atoms with Crippen LogP contribution in [0, 0.1) is 0 Å². The van der Waals surface area contributed by atoms with E-state index in [4.69, 9.17) is 5.73 Å². The second-order valence-corrected chi connectivity index (χ2v) is 6.22. The van der Waals surface area contributed by atoms with Gasteiger partial charge in [0, 0.05) is 6.54 Å². The van der Waals surface area contributed by atoms with Crippen LogP contribution in [-0.2, 0) is 16.6 Å². The summed E-state index contributed by atoms with van der Waals surface area (Å²) in [6.45, 7) is 3.24. The molecular formula is C13H22N4O2S. The molecule has 0 heterocycles. The van der Waals surface area contributed by atoms with E-state index < -0.39 is 10.0 Å². The summed E-state index contributed by atoms with van der Waals surface area (Å²) in [5, 5.41) is 3.01. The number of hydrogen-bond acceptors (Lipinski definition) is 3. The molecule has 0 aliphatic heterocycles. The Labute approximate surface area is 120 Å². The lowest BCUT2D eigenvalue weighted by Crippen LogP contribution is -2.32. The van der Waals surface area contributed by atoms with Crippen LogP contribution in [0.25, 0.3) is 0 Å². The van der Waals surface area contributed by atoms with Crippen LogP contribution in [0.5, 0.6) is 0 Å². The number of unbranched alkanes of at least 4 members (excludes halogenated alkanes) is 1. The molecule has 7 heteroatoms. The predicted octanol–water partition coefficient (Wildman–Crippen LogP) is 0.799. The summed E-state index contributed by atoms with van der Waals surface area (Å²) in [7, 11) is -2.04. The van der Waals surface area contributed by atoms with Crippen LogP contribution in [0.3, 0.4) is 0 Å². The molecule has 0 saturated heterocycles. The third-order valence-corrected chi connectivity index (χ3v) is 4.16. The number of rotatable bonds is 7. The highest BCUT2D eigenvalue weighted by atomic mass is 32.2. The van der Waals surface area contributed by atoms with E-state index >= 15 is 0 Å². The lowest BCUT2D eigenvalue weighted by molar-refractivity contribution is 0.588. The number of sulfonamides is 1. The molecule has 0 radical (unpaired) electrons. The predicted molar refractivity (Wildman–Crippen MR) is 80.9 cm³/mol. The maximum absolute atomic E-state index is 11.7. The van der Waals surface area contributed by atoms with Crippen molar-refractivity contribution < 1.29 is 8.42 Å². The average molecular weight is 298 g/mol. The van der Waals surface area contributed by atoms with Crippen LogP contribution in [0.4, 0.5) is 0 Å². The van der Waals surface area contributed by atoms with Crippen LogP contribution in [0.1, 0.15) is 25.3 Å². The SMILES string of the molecule is CCCCNC(N)=NCc1cccc(S(=O)(=O)NC)c1. The summed E-state index contributed by atoms with van der Waals surface area (Å²) in [4.78, 5) is 4.41. The lowest BCUT2D eigenvalue weighted by Gasteiger charge is -2.06. The van der Waals surface area contributed by atoms with Crippen molar-refractivity contribution in [1.82, 2.24) is 10.0 Å². The molecule has 0 amide bonds. The van der Waals surface area contributed by atoms with Gasteiger partial charge in [0.15, 0.2) is 5.96 Å². The first-order chi connectivity index (χ1) is 9.49. The highest BCUT2D eigenvalue weighted by Crippen LogP contribution is 2.11. The van der Waals surface area contributed by atoms with Gasteiger partial charge in [-0.3, -0.25) is 0 Å². The maximum atomic E-state index is 11.7. The number of nitrogens with two attached hydrogens (primary N) is 1. The number of nitrogens with zero attached hydrogens (tertiary/aromatic N) is 1. The fourth-order valence-electron chi connectivity index (χ4n) is 1.55. The standard InChI is InChI=1S/C13H22N4O2S/c1-3-4-8-16-13(14)17-10-11-6-5-7-12(9-11)20(18,19)15-2/h5-7,9,15H,3-4,8,10H2,1-2H3,(H3,14,16,17). The Hall–Kier alpha value is -1.60. The highest BCUT2D eigenvalue weighted by molar-refractivity contribution is 7.89. The van der Waals surface area contributed by atoms with Crippen molar-refractivity contribution in [3.05, 3.63) is 29.8 Å². The van der Waals surface area contributed by atoms with E-state index in [-0.39, 0.29) is 4.90 Å². The van der Waals surface area contributed by atoms with Gasteiger partial charge in [0.25, 0.3) is 0 Å². The van der Waals surface area contributed by atoms with E-state index in [0.29, 0.717) is 12.5 Å². The zero-order chi connectivity index (χ0) is 15.0. The minimum absolute atomic E-state index is 0.227. The van der Waals surface area contributed by atoms with E-state index in [1.54, 1.807) is 18.2 Å². The van der Waals surface area contributed by atoms with Crippen LogP contribution in [0.15, 0.2) is 34.2 Å². The lowest BCUT2D eigenvalue weighted by atomic mass is 10.2. The Morgan fingerprint density at radius 2 is 2.15 bits per heavy atom. The van der Waals surface area contributed by atoms with Crippen molar-refractivity contribution in [3.63, 3.8) is 0 Å². The summed E-state index contributed by atoms with van der Waals surface area (Å²) in [5.74, 6) is 0.375. The first kappa shape index (κ1) is 16.5. The van der Waals surface area contributed by atoms with Crippen molar-refractivity contribution in [2.45, 2.75) is 31.2 Å². The molecule has 1 rings (SSSR count). The van der Waals surface area contributed by atoms with Crippen LogP contribution < -0.4 is 15.8 Å². The monoisotopic (exact) mass is 298 g/mol. The number of guanidine groups is 1. The van der Waals surface area contributed by atoms with E-state index in [1.165, 1.54) is 7.05 Å². The molecule has 0 fully saturated rings. The zero-order valence-corrected chi connectivity index (χ0v) is 12.7. The highest BCUT2D eigenvalue weighted by Gasteiger charge is 2.10. The molecule has 0 spiro atoms. The van der Waals surface area contributed by atoms with Gasteiger partial charge in [-0.25, -0.2) is 18.1 Å². The molecule has 1 aromatic carbocycles. The molecule has 1 aromatic rings. The van der Waals surface area contributed by atoms with Gasteiger partial charge in [0.05, 0.1) is 11.4 Å². The van der Waals surface area contributed by atoms with E-state index in [1.807, 2.05) is 6.07 Å². The quantitative estimate of drug-likeness (QED) is 0.394. The molecule has 0 aromatic heterocycles. The molecular weight excluding hydrogens is 276 g/mol. The Balaban J connectivity index is 2.70. The topological polar surface area (TPSA) is 96.6 Å². The molecule has 0 saturated carbocycles. The fourth-order valence-corrected chi connectivity index (χ4v) is 2.35. The fraction of sp³-hybridized carbons (Fsp3) is 0.462. The summed E-state index contributed by atoms with van der Waals surface area (Å²) < 4.78 is 25.6. The molecule has 0 aliphatic rings. The minimum atomic E-state index is -3.42. The normalized spacial score (nSPS) is 12.4. The van der Waals surface area contributed by atoms with E-state index in [2.05, 4.69) is 22.0 Å². The van der Waals surface area contributed by atoms with Crippen LogP contribution >= 0.6 is 0 Å². The second kappa shape index (κ2) is 7.86. The Morgan fingerprint density at radius 3 is 2.80 bits per heavy atom. The number of aliphatic imine (C=N–C) groups is 1. The molecule has 0 atom stereocenters. The minimum Gasteiger partial charge on any atom is -0.370 e. The van der Waals surface area contributed by atoms with Crippen molar-refractivity contribution in [3.8, 4) is 0 Å². The maximum Gasteiger partial charge on any atom is 0.240 e. The van der Waals surface area contributed by atoms with E-state index in [9.17, 15) is 8.42 Å². The molecule has 112 valence electrons. The van der Waals surface area contributed by atoms with Crippen molar-refractivity contribution >= 4 is 16.0 Å². The Morgan fingerprint density at radius 1 is 1.40 bits per heavy atom. The number of nitrogens with one attached hydrogen (secondary N) is 2. The Bertz CT molecular complexity index is 555. The summed E-state index contributed by atoms with van der Waals surface area (Å²) in [6, 6.07) is 6.64. The zero-order valence-electron chi connectivity index (χ0n) is 11.9. The summed E-state index contributed by atoms with van der Waals surface area (Å²) in [6.07, 6.45) is 2.12. The van der Waals surface area contributed by atoms with Crippen molar-refractivity contribution in [2.24, 2.45) is 10.7 Å². The van der Waals surface area contributed by atoms with Gasteiger partial charge in [-0.15, -0.1) is 0 Å². The summed E-state index contributed by atoms with van der Waals surface area (Å²) in [5.41, 5.74) is 6.51. The smallest absolute Gasteiger partial charge is 0.240 e. The average Bonchev–Trinajstić information content (AvgIpc) is 2.46. The third-order valence-electron chi connectivity index (χ3n) is 2.75. The molecule has 0 bridgehead atoms. The molecule has 4 N–H and O–H groups in total. The second-order valence-electron chi connectivity index (χ2n) is 4.34. The molecule has 6 nitrogen and oxygen atoms in total. The van der Waals surface area contributed by atoms with Crippen LogP contribution in [-0.4, -0.2) is 28.0 Å². The van der Waals surface area contributed by atoms with Crippen molar-refractivity contribution in [2.75, 3.05) is 13.6 Å². The number of benzene rings is 1. The largest absolute Gasteiger partial charge is 0.370 e. The number of hydrogen-bond donors (Lipinski definition) is 3. The molecule has 0 aliphatic carbocycles. The van der Waals surface area contributed by atoms with Gasteiger partial charge in [-0.1, -0.05) is 25.5 Å². The summed E-state index contributed by atoms with van der Waals surface area (Å²) >= 11 is 0. The van der Waals surface area contributed by atoms with Crippen LogP contribution in [0.2, 0.25) is 0 Å². The molecule has 20 heavy (non-hydrogen) atoms. The van der Waals surface area contributed by atoms with Gasteiger partial charge in [0.1, 0.15) is 0 Å². The van der Waals surface area contributed by atoms with Gasteiger partial charge in [0.2, 0.25) is 10.0 Å². The van der Waals surface area contributed by atoms with E-state index in [0.717, 1.165) is 24.9 Å². The van der Waals surface area contributed by atoms with Gasteiger partial charge in [-0.2, -0.15) is 0 Å². The van der Waals surface area contributed by atoms with Gasteiger partial charge in [-0.05, 0) is 31.2 Å². The first-order valence-corrected chi connectivity index (χ1v) is 8.04. The van der Waals surface area contributed by atoms with Gasteiger partial charge < -0.3 is 11.1 Å². The third kappa shape index (κ3) is 5.18. The molecule has 0 unspecified atom stereocenters. The first-order valence-electron chi connectivity index (χ1n) is 6.56. The van der Waals surface area contributed by atoms with Gasteiger partial charge >= 0.3 is 0 Å².